The molecule has 0 aromatic carbocycles. The van der Waals surface area contributed by atoms with Gasteiger partial charge in [-0.3, -0.25) is 0 Å². The first-order chi connectivity index (χ1) is 7.76. The van der Waals surface area contributed by atoms with Crippen LogP contribution in [0.25, 0.3) is 0 Å². The molecule has 0 saturated carbocycles. The first-order valence-corrected chi connectivity index (χ1v) is 7.19. The van der Waals surface area contributed by atoms with Gasteiger partial charge < -0.3 is 10.2 Å². The van der Waals surface area contributed by atoms with Crippen molar-refractivity contribution in [1.29, 1.82) is 0 Å². The van der Waals surface area contributed by atoms with Crippen molar-refractivity contribution in [3.05, 3.63) is 0 Å². The lowest BCUT2D eigenvalue weighted by Gasteiger charge is -2.41. The van der Waals surface area contributed by atoms with E-state index in [1.54, 1.807) is 0 Å². The Hall–Kier alpha value is -0.0800. The third-order valence-electron chi connectivity index (χ3n) is 3.89. The lowest BCUT2D eigenvalue weighted by atomic mass is 9.76. The maximum Gasteiger partial charge on any atom is 0.00500 e. The summed E-state index contributed by atoms with van der Waals surface area (Å²) in [5.41, 5.74) is 0.568. The second-order valence-electron chi connectivity index (χ2n) is 5.40. The highest BCUT2D eigenvalue weighted by Crippen LogP contribution is 2.32. The van der Waals surface area contributed by atoms with Gasteiger partial charge in [0.1, 0.15) is 0 Å². The number of rotatable bonds is 7. The molecule has 96 valence electrons. The van der Waals surface area contributed by atoms with Crippen molar-refractivity contribution in [2.45, 2.75) is 52.9 Å². The zero-order chi connectivity index (χ0) is 11.9. The number of hydrogen-bond acceptors (Lipinski definition) is 2. The number of nitrogens with zero attached hydrogens (tertiary/aromatic N) is 1. The second-order valence-corrected chi connectivity index (χ2v) is 5.40. The summed E-state index contributed by atoms with van der Waals surface area (Å²) in [5, 5.41) is 3.61. The summed E-state index contributed by atoms with van der Waals surface area (Å²) >= 11 is 0. The van der Waals surface area contributed by atoms with Crippen molar-refractivity contribution in [3.63, 3.8) is 0 Å². The molecule has 1 N–H and O–H groups in total. The van der Waals surface area contributed by atoms with Gasteiger partial charge in [-0.15, -0.1) is 0 Å². The Morgan fingerprint density at radius 3 is 2.50 bits per heavy atom. The van der Waals surface area contributed by atoms with Crippen LogP contribution in [0.2, 0.25) is 0 Å². The van der Waals surface area contributed by atoms with Crippen LogP contribution in [0.3, 0.4) is 0 Å². The molecule has 1 aliphatic heterocycles. The minimum Gasteiger partial charge on any atom is -0.316 e. The van der Waals surface area contributed by atoms with E-state index in [4.69, 9.17) is 0 Å². The summed E-state index contributed by atoms with van der Waals surface area (Å²) in [6.45, 7) is 13.2. The molecule has 1 heterocycles. The molecule has 1 unspecified atom stereocenters. The SMILES string of the molecule is CCCN(CC)CC1(CCC)CCCNC1. The first-order valence-electron chi connectivity index (χ1n) is 7.19. The zero-order valence-corrected chi connectivity index (χ0v) is 11.5. The quantitative estimate of drug-likeness (QED) is 0.718. The predicted octanol–water partition coefficient (Wildman–Crippen LogP) is 2.89. The van der Waals surface area contributed by atoms with Gasteiger partial charge in [0, 0.05) is 13.1 Å². The maximum atomic E-state index is 3.61. The molecule has 0 amide bonds. The summed E-state index contributed by atoms with van der Waals surface area (Å²) in [6.07, 6.45) is 6.78. The summed E-state index contributed by atoms with van der Waals surface area (Å²) in [5.74, 6) is 0. The highest BCUT2D eigenvalue weighted by atomic mass is 15.1. The van der Waals surface area contributed by atoms with E-state index in [-0.39, 0.29) is 0 Å². The van der Waals surface area contributed by atoms with Gasteiger partial charge in [-0.2, -0.15) is 0 Å². The fourth-order valence-electron chi connectivity index (χ4n) is 3.13. The topological polar surface area (TPSA) is 15.3 Å². The van der Waals surface area contributed by atoms with Crippen molar-refractivity contribution in [1.82, 2.24) is 10.2 Å². The smallest absolute Gasteiger partial charge is 0.00500 e. The molecule has 2 nitrogen and oxygen atoms in total. The van der Waals surface area contributed by atoms with Crippen LogP contribution >= 0.6 is 0 Å². The van der Waals surface area contributed by atoms with Gasteiger partial charge in [-0.05, 0) is 50.7 Å². The minimum atomic E-state index is 0.568. The Morgan fingerprint density at radius 1 is 1.19 bits per heavy atom. The Labute approximate surface area is 102 Å². The molecular formula is C14H30N2. The molecule has 0 bridgehead atoms. The van der Waals surface area contributed by atoms with Crippen molar-refractivity contribution in [2.75, 3.05) is 32.7 Å². The molecule has 1 atom stereocenters. The average molecular weight is 226 g/mol. The predicted molar refractivity (Wildman–Crippen MR) is 71.8 cm³/mol. The normalized spacial score (nSPS) is 26.2. The molecule has 1 saturated heterocycles. The largest absolute Gasteiger partial charge is 0.316 e. The van der Waals surface area contributed by atoms with Crippen LogP contribution in [-0.4, -0.2) is 37.6 Å². The molecule has 0 aromatic rings. The highest BCUT2D eigenvalue weighted by molar-refractivity contribution is 4.87. The Kier molecular flexibility index (Phi) is 6.37. The second kappa shape index (κ2) is 7.29. The number of hydrogen-bond donors (Lipinski definition) is 1. The first kappa shape index (κ1) is 14.0. The summed E-state index contributed by atoms with van der Waals surface area (Å²) in [4.78, 5) is 2.64. The number of piperidine rings is 1. The van der Waals surface area contributed by atoms with E-state index >= 15 is 0 Å². The van der Waals surface area contributed by atoms with Crippen molar-refractivity contribution >= 4 is 0 Å². The van der Waals surface area contributed by atoms with Crippen molar-refractivity contribution in [2.24, 2.45) is 5.41 Å². The van der Waals surface area contributed by atoms with Gasteiger partial charge in [-0.1, -0.05) is 27.2 Å². The molecule has 0 aliphatic carbocycles. The summed E-state index contributed by atoms with van der Waals surface area (Å²) in [6, 6.07) is 0. The van der Waals surface area contributed by atoms with Gasteiger partial charge in [0.05, 0.1) is 0 Å². The molecule has 1 fully saturated rings. The molecule has 1 rings (SSSR count). The lowest BCUT2D eigenvalue weighted by Crippen LogP contribution is -2.47. The summed E-state index contributed by atoms with van der Waals surface area (Å²) < 4.78 is 0. The Morgan fingerprint density at radius 2 is 2.00 bits per heavy atom. The van der Waals surface area contributed by atoms with Crippen molar-refractivity contribution < 1.29 is 0 Å². The molecule has 0 spiro atoms. The Bertz CT molecular complexity index is 168. The van der Waals surface area contributed by atoms with Crippen LogP contribution in [0.4, 0.5) is 0 Å². The van der Waals surface area contributed by atoms with Gasteiger partial charge in [0.2, 0.25) is 0 Å². The standard InChI is InChI=1S/C14H30N2/c1-4-8-14(9-7-10-15-12-14)13-16(6-3)11-5-2/h15H,4-13H2,1-3H3. The molecule has 2 heteroatoms. The Balaban J connectivity index is 2.53. The van der Waals surface area contributed by atoms with E-state index in [2.05, 4.69) is 31.0 Å². The minimum absolute atomic E-state index is 0.568. The molecule has 1 aliphatic rings. The van der Waals surface area contributed by atoms with Gasteiger partial charge in [0.15, 0.2) is 0 Å². The molecule has 0 aromatic heterocycles. The van der Waals surface area contributed by atoms with E-state index in [1.807, 2.05) is 0 Å². The van der Waals surface area contributed by atoms with Crippen LogP contribution in [0.5, 0.6) is 0 Å². The van der Waals surface area contributed by atoms with Crippen molar-refractivity contribution in [3.8, 4) is 0 Å². The van der Waals surface area contributed by atoms with E-state index < -0.39 is 0 Å². The van der Waals surface area contributed by atoms with Gasteiger partial charge in [-0.25, -0.2) is 0 Å². The zero-order valence-electron chi connectivity index (χ0n) is 11.5. The van der Waals surface area contributed by atoms with Gasteiger partial charge >= 0.3 is 0 Å². The average Bonchev–Trinajstić information content (AvgIpc) is 2.30. The van der Waals surface area contributed by atoms with E-state index in [1.165, 1.54) is 64.8 Å². The van der Waals surface area contributed by atoms with Crippen LogP contribution in [0.1, 0.15) is 52.9 Å². The lowest BCUT2D eigenvalue weighted by molar-refractivity contribution is 0.109. The summed E-state index contributed by atoms with van der Waals surface area (Å²) in [7, 11) is 0. The van der Waals surface area contributed by atoms with E-state index in [0.29, 0.717) is 5.41 Å². The fourth-order valence-corrected chi connectivity index (χ4v) is 3.13. The van der Waals surface area contributed by atoms with Crippen LogP contribution in [0.15, 0.2) is 0 Å². The van der Waals surface area contributed by atoms with Crippen LogP contribution < -0.4 is 5.32 Å². The molecule has 0 radical (unpaired) electrons. The molecule has 16 heavy (non-hydrogen) atoms. The van der Waals surface area contributed by atoms with E-state index in [9.17, 15) is 0 Å². The van der Waals surface area contributed by atoms with E-state index in [0.717, 1.165) is 0 Å². The monoisotopic (exact) mass is 226 g/mol. The molecular weight excluding hydrogens is 196 g/mol. The number of nitrogens with one attached hydrogen (secondary N) is 1. The van der Waals surface area contributed by atoms with Gasteiger partial charge in [0.25, 0.3) is 0 Å². The third kappa shape index (κ3) is 4.06. The maximum absolute atomic E-state index is 3.61. The van der Waals surface area contributed by atoms with Crippen LogP contribution in [0, 0.1) is 5.41 Å². The van der Waals surface area contributed by atoms with Crippen LogP contribution in [-0.2, 0) is 0 Å². The highest BCUT2D eigenvalue weighted by Gasteiger charge is 2.32. The third-order valence-corrected chi connectivity index (χ3v) is 3.89. The fraction of sp³-hybridized carbons (Fsp3) is 1.00.